The van der Waals surface area contributed by atoms with Crippen molar-refractivity contribution in [3.63, 3.8) is 0 Å². The fraction of sp³-hybridized carbons (Fsp3) is 0.167. The zero-order chi connectivity index (χ0) is 13.4. The molecule has 0 spiro atoms. The highest BCUT2D eigenvalue weighted by Crippen LogP contribution is 2.31. The van der Waals surface area contributed by atoms with Crippen molar-refractivity contribution in [3.05, 3.63) is 77.6 Å². The maximum absolute atomic E-state index is 4.67. The van der Waals surface area contributed by atoms with Crippen molar-refractivity contribution in [2.24, 2.45) is 0 Å². The Morgan fingerprint density at radius 3 is 2.80 bits per heavy atom. The molecule has 1 atom stereocenters. The van der Waals surface area contributed by atoms with Crippen LogP contribution in [-0.4, -0.2) is 11.5 Å². The van der Waals surface area contributed by atoms with Gasteiger partial charge in [-0.3, -0.25) is 4.98 Å². The summed E-state index contributed by atoms with van der Waals surface area (Å²) in [5.74, 6) is 0. The molecule has 20 heavy (non-hydrogen) atoms. The predicted octanol–water partition coefficient (Wildman–Crippen LogP) is 3.47. The van der Waals surface area contributed by atoms with Gasteiger partial charge in [-0.15, -0.1) is 0 Å². The van der Waals surface area contributed by atoms with Crippen LogP contribution in [0.25, 0.3) is 10.8 Å². The largest absolute Gasteiger partial charge is 0.305 e. The van der Waals surface area contributed by atoms with Crippen LogP contribution in [0.1, 0.15) is 22.9 Å². The van der Waals surface area contributed by atoms with Crippen molar-refractivity contribution < 1.29 is 0 Å². The van der Waals surface area contributed by atoms with E-state index < -0.39 is 0 Å². The van der Waals surface area contributed by atoms with Gasteiger partial charge in [0.25, 0.3) is 0 Å². The van der Waals surface area contributed by atoms with E-state index in [4.69, 9.17) is 0 Å². The number of nitrogens with one attached hydrogen (secondary N) is 1. The zero-order valence-electron chi connectivity index (χ0n) is 11.2. The molecule has 0 bridgehead atoms. The monoisotopic (exact) mass is 260 g/mol. The van der Waals surface area contributed by atoms with Crippen molar-refractivity contribution in [2.45, 2.75) is 12.5 Å². The van der Waals surface area contributed by atoms with E-state index in [9.17, 15) is 0 Å². The molecule has 2 aromatic carbocycles. The minimum Gasteiger partial charge on any atom is -0.305 e. The summed E-state index contributed by atoms with van der Waals surface area (Å²) >= 11 is 0. The van der Waals surface area contributed by atoms with Crippen molar-refractivity contribution in [2.75, 3.05) is 6.54 Å². The number of benzene rings is 2. The normalized spacial score (nSPS) is 17.9. The van der Waals surface area contributed by atoms with E-state index in [0.717, 1.165) is 18.7 Å². The Balaban J connectivity index is 1.93. The lowest BCUT2D eigenvalue weighted by Crippen LogP contribution is -2.31. The molecule has 0 fully saturated rings. The van der Waals surface area contributed by atoms with E-state index in [1.165, 1.54) is 21.9 Å². The second-order valence-corrected chi connectivity index (χ2v) is 5.25. The number of hydrogen-bond acceptors (Lipinski definition) is 2. The van der Waals surface area contributed by atoms with Crippen LogP contribution < -0.4 is 5.32 Å². The molecule has 4 rings (SSSR count). The Morgan fingerprint density at radius 2 is 1.80 bits per heavy atom. The van der Waals surface area contributed by atoms with Crippen LogP contribution in [0.2, 0.25) is 0 Å². The number of pyridine rings is 1. The van der Waals surface area contributed by atoms with Crippen LogP contribution in [0.3, 0.4) is 0 Å². The van der Waals surface area contributed by atoms with Gasteiger partial charge in [-0.1, -0.05) is 48.5 Å². The third-order valence-corrected chi connectivity index (χ3v) is 4.09. The van der Waals surface area contributed by atoms with E-state index in [0.29, 0.717) is 0 Å². The van der Waals surface area contributed by atoms with E-state index in [2.05, 4.69) is 64.9 Å². The minimum atomic E-state index is 0.200. The van der Waals surface area contributed by atoms with Crippen LogP contribution in [0, 0.1) is 0 Å². The summed E-state index contributed by atoms with van der Waals surface area (Å²) in [6, 6.07) is 19.4. The summed E-state index contributed by atoms with van der Waals surface area (Å²) in [5, 5.41) is 6.11. The lowest BCUT2D eigenvalue weighted by molar-refractivity contribution is 0.560. The summed E-state index contributed by atoms with van der Waals surface area (Å²) < 4.78 is 0. The molecule has 1 aliphatic heterocycles. The average Bonchev–Trinajstić information content (AvgIpc) is 2.54. The Bertz CT molecular complexity index is 759. The third-order valence-electron chi connectivity index (χ3n) is 4.09. The van der Waals surface area contributed by atoms with Crippen molar-refractivity contribution in [3.8, 4) is 0 Å². The fourth-order valence-corrected chi connectivity index (χ4v) is 3.12. The number of hydrogen-bond donors (Lipinski definition) is 1. The van der Waals surface area contributed by atoms with Crippen LogP contribution in [0.15, 0.2) is 60.8 Å². The second kappa shape index (κ2) is 4.73. The standard InChI is InChI=1S/C18H16N2/c1-3-7-15-13(5-1)9-11-19-17(15)18-16-8-4-2-6-14(16)10-12-20-18/h1-9,11,18,20H,10,12H2/t18-/m1/s1. The zero-order valence-corrected chi connectivity index (χ0v) is 11.2. The fourth-order valence-electron chi connectivity index (χ4n) is 3.12. The molecule has 0 saturated carbocycles. The molecule has 1 N–H and O–H groups in total. The first kappa shape index (κ1) is 11.6. The number of rotatable bonds is 1. The molecule has 0 unspecified atom stereocenters. The minimum absolute atomic E-state index is 0.200. The maximum atomic E-state index is 4.67. The topological polar surface area (TPSA) is 24.9 Å². The van der Waals surface area contributed by atoms with Crippen LogP contribution in [0.4, 0.5) is 0 Å². The highest BCUT2D eigenvalue weighted by molar-refractivity contribution is 5.85. The molecule has 2 nitrogen and oxygen atoms in total. The van der Waals surface area contributed by atoms with Gasteiger partial charge in [0.2, 0.25) is 0 Å². The highest BCUT2D eigenvalue weighted by Gasteiger charge is 2.23. The summed E-state index contributed by atoms with van der Waals surface area (Å²) in [6.45, 7) is 1.01. The molecule has 1 aromatic heterocycles. The summed E-state index contributed by atoms with van der Waals surface area (Å²) in [5.41, 5.74) is 3.93. The molecule has 98 valence electrons. The molecule has 0 amide bonds. The smallest absolute Gasteiger partial charge is 0.0760 e. The quantitative estimate of drug-likeness (QED) is 0.724. The maximum Gasteiger partial charge on any atom is 0.0760 e. The Kier molecular flexibility index (Phi) is 2.75. The molecule has 0 aliphatic carbocycles. The molecular weight excluding hydrogens is 244 g/mol. The summed E-state index contributed by atoms with van der Waals surface area (Å²) in [6.07, 6.45) is 3.01. The summed E-state index contributed by atoms with van der Waals surface area (Å²) in [7, 11) is 0. The van der Waals surface area contributed by atoms with Gasteiger partial charge in [-0.05, 0) is 29.0 Å². The first-order valence-corrected chi connectivity index (χ1v) is 7.08. The van der Waals surface area contributed by atoms with Gasteiger partial charge in [-0.25, -0.2) is 0 Å². The van der Waals surface area contributed by atoms with E-state index in [1.54, 1.807) is 0 Å². The van der Waals surface area contributed by atoms with Gasteiger partial charge in [0.05, 0.1) is 11.7 Å². The highest BCUT2D eigenvalue weighted by atomic mass is 14.9. The first-order valence-electron chi connectivity index (χ1n) is 7.08. The van der Waals surface area contributed by atoms with Crippen LogP contribution in [-0.2, 0) is 6.42 Å². The van der Waals surface area contributed by atoms with Crippen molar-refractivity contribution >= 4 is 10.8 Å². The Morgan fingerprint density at radius 1 is 0.950 bits per heavy atom. The third kappa shape index (κ3) is 1.81. The van der Waals surface area contributed by atoms with Gasteiger partial charge in [0, 0.05) is 18.1 Å². The lowest BCUT2D eigenvalue weighted by Gasteiger charge is -2.27. The van der Waals surface area contributed by atoms with Gasteiger partial charge < -0.3 is 5.32 Å². The summed E-state index contributed by atoms with van der Waals surface area (Å²) in [4.78, 5) is 4.67. The molecule has 2 heterocycles. The van der Waals surface area contributed by atoms with E-state index in [-0.39, 0.29) is 6.04 Å². The van der Waals surface area contributed by atoms with Crippen molar-refractivity contribution in [1.29, 1.82) is 0 Å². The second-order valence-electron chi connectivity index (χ2n) is 5.25. The molecule has 0 saturated heterocycles. The SMILES string of the molecule is c1ccc2c(c1)CCN[C@H]2c1nccc2ccccc12. The van der Waals surface area contributed by atoms with Gasteiger partial charge >= 0.3 is 0 Å². The molecular formula is C18H16N2. The van der Waals surface area contributed by atoms with Gasteiger partial charge in [-0.2, -0.15) is 0 Å². The molecule has 1 aliphatic rings. The Hall–Kier alpha value is -2.19. The van der Waals surface area contributed by atoms with E-state index in [1.807, 2.05) is 6.20 Å². The molecule has 0 radical (unpaired) electrons. The predicted molar refractivity (Wildman–Crippen MR) is 81.7 cm³/mol. The number of nitrogens with zero attached hydrogens (tertiary/aromatic N) is 1. The van der Waals surface area contributed by atoms with E-state index >= 15 is 0 Å². The van der Waals surface area contributed by atoms with Crippen LogP contribution in [0.5, 0.6) is 0 Å². The van der Waals surface area contributed by atoms with Crippen molar-refractivity contribution in [1.82, 2.24) is 10.3 Å². The number of aromatic nitrogens is 1. The van der Waals surface area contributed by atoms with Crippen LogP contribution >= 0.6 is 0 Å². The van der Waals surface area contributed by atoms with Gasteiger partial charge in [0.1, 0.15) is 0 Å². The Labute approximate surface area is 118 Å². The average molecular weight is 260 g/mol. The van der Waals surface area contributed by atoms with Gasteiger partial charge in [0.15, 0.2) is 0 Å². The molecule has 2 heteroatoms. The molecule has 3 aromatic rings. The lowest BCUT2D eigenvalue weighted by atomic mass is 9.90. The number of fused-ring (bicyclic) bond motifs is 2. The first-order chi connectivity index (χ1) is 9.93.